The second-order valence-corrected chi connectivity index (χ2v) is 9.52. The van der Waals surface area contributed by atoms with E-state index in [9.17, 15) is 18.3 Å². The summed E-state index contributed by atoms with van der Waals surface area (Å²) in [6.45, 7) is 1.68. The molecule has 0 aliphatic heterocycles. The number of phenolic OH excluding ortho intramolecular Hbond substituents is 1. The van der Waals surface area contributed by atoms with Gasteiger partial charge in [0.2, 0.25) is 0 Å². The number of aromatic hydroxyl groups is 1. The van der Waals surface area contributed by atoms with Gasteiger partial charge in [-0.15, -0.1) is 0 Å². The van der Waals surface area contributed by atoms with Gasteiger partial charge in [0.15, 0.2) is 0 Å². The smallest absolute Gasteiger partial charge is 0.262 e. The first-order valence-electron chi connectivity index (χ1n) is 10.7. The van der Waals surface area contributed by atoms with Crippen LogP contribution in [0.5, 0.6) is 11.5 Å². The van der Waals surface area contributed by atoms with E-state index in [1.165, 1.54) is 13.2 Å². The number of rotatable bonds is 7. The third-order valence-corrected chi connectivity index (χ3v) is 6.92. The number of amides is 1. The lowest BCUT2D eigenvalue weighted by molar-refractivity contribution is 0.102. The number of carbonyl (C=O) groups excluding carboxylic acids is 1. The third-order valence-electron chi connectivity index (χ3n) is 5.41. The summed E-state index contributed by atoms with van der Waals surface area (Å²) in [6, 6.07) is 25.2. The molecule has 4 rings (SSSR count). The molecular formula is C27H24N2O5S. The molecule has 0 heterocycles. The first-order chi connectivity index (χ1) is 16.8. The Morgan fingerprint density at radius 2 is 1.60 bits per heavy atom. The molecule has 0 aromatic heterocycles. The number of sulfonamides is 1. The summed E-state index contributed by atoms with van der Waals surface area (Å²) in [5.74, 6) is 0.176. The zero-order valence-electron chi connectivity index (χ0n) is 19.1. The maximum absolute atomic E-state index is 13.1. The van der Waals surface area contributed by atoms with E-state index in [1.807, 2.05) is 6.07 Å². The number of nitrogens with one attached hydrogen (secondary N) is 2. The van der Waals surface area contributed by atoms with Crippen molar-refractivity contribution in [3.05, 3.63) is 102 Å². The lowest BCUT2D eigenvalue weighted by atomic mass is 10.0. The molecule has 0 fully saturated rings. The Morgan fingerprint density at radius 3 is 2.34 bits per heavy atom. The summed E-state index contributed by atoms with van der Waals surface area (Å²) < 4.78 is 34.0. The molecule has 0 bridgehead atoms. The summed E-state index contributed by atoms with van der Waals surface area (Å²) in [7, 11) is -2.48. The summed E-state index contributed by atoms with van der Waals surface area (Å²) in [5, 5.41) is 12.3. The Labute approximate surface area is 204 Å². The minimum atomic E-state index is -3.95. The van der Waals surface area contributed by atoms with Crippen LogP contribution in [0.25, 0.3) is 11.1 Å². The molecule has 3 N–H and O–H groups in total. The standard InChI is InChI=1S/C27H24N2O5S/c1-18-10-13-22(17-26(18)35(32,33)29-24-8-3-4-9-25(24)34-2)28-27(31)21-7-5-6-20(16-21)19-11-14-23(30)15-12-19/h3-17,29-30H,1-2H3,(H,28,31). The van der Waals surface area contributed by atoms with Crippen molar-refractivity contribution in [3.63, 3.8) is 0 Å². The van der Waals surface area contributed by atoms with Crippen molar-refractivity contribution >= 4 is 27.3 Å². The van der Waals surface area contributed by atoms with Crippen LogP contribution in [0.4, 0.5) is 11.4 Å². The van der Waals surface area contributed by atoms with E-state index in [4.69, 9.17) is 4.74 Å². The van der Waals surface area contributed by atoms with Crippen molar-refractivity contribution in [2.24, 2.45) is 0 Å². The topological polar surface area (TPSA) is 105 Å². The Hall–Kier alpha value is -4.30. The van der Waals surface area contributed by atoms with Gasteiger partial charge in [0.05, 0.1) is 17.7 Å². The highest BCUT2D eigenvalue weighted by atomic mass is 32.2. The maximum atomic E-state index is 13.1. The molecule has 0 saturated carbocycles. The van der Waals surface area contributed by atoms with Crippen LogP contribution in [0, 0.1) is 6.92 Å². The zero-order chi connectivity index (χ0) is 25.0. The van der Waals surface area contributed by atoms with Crippen LogP contribution >= 0.6 is 0 Å². The molecule has 35 heavy (non-hydrogen) atoms. The normalized spacial score (nSPS) is 11.0. The number of para-hydroxylation sites is 2. The van der Waals surface area contributed by atoms with Crippen molar-refractivity contribution < 1.29 is 23.1 Å². The molecule has 0 atom stereocenters. The second-order valence-electron chi connectivity index (χ2n) is 7.87. The minimum absolute atomic E-state index is 0.0408. The number of methoxy groups -OCH3 is 1. The van der Waals surface area contributed by atoms with Crippen LogP contribution in [0.2, 0.25) is 0 Å². The molecule has 8 heteroatoms. The van der Waals surface area contributed by atoms with Gasteiger partial charge in [-0.2, -0.15) is 0 Å². The van der Waals surface area contributed by atoms with Crippen LogP contribution in [0.3, 0.4) is 0 Å². The average molecular weight is 489 g/mol. The Kier molecular flexibility index (Phi) is 6.75. The van der Waals surface area contributed by atoms with Crippen molar-refractivity contribution in [2.45, 2.75) is 11.8 Å². The van der Waals surface area contributed by atoms with Gasteiger partial charge in [0, 0.05) is 11.3 Å². The molecule has 0 radical (unpaired) electrons. The molecule has 0 unspecified atom stereocenters. The predicted octanol–water partition coefficient (Wildman–Crippen LogP) is 5.43. The minimum Gasteiger partial charge on any atom is -0.508 e. The molecule has 0 spiro atoms. The largest absolute Gasteiger partial charge is 0.508 e. The van der Waals surface area contributed by atoms with Crippen LogP contribution in [-0.2, 0) is 10.0 Å². The quantitative estimate of drug-likeness (QED) is 0.322. The molecule has 1 amide bonds. The van der Waals surface area contributed by atoms with E-state index < -0.39 is 10.0 Å². The van der Waals surface area contributed by atoms with E-state index in [2.05, 4.69) is 10.0 Å². The Bertz CT molecular complexity index is 1480. The number of hydrogen-bond acceptors (Lipinski definition) is 5. The monoisotopic (exact) mass is 488 g/mol. The van der Waals surface area contributed by atoms with Gasteiger partial charge in [0.1, 0.15) is 11.5 Å². The summed E-state index contributed by atoms with van der Waals surface area (Å²) in [6.07, 6.45) is 0. The van der Waals surface area contributed by atoms with Crippen molar-refractivity contribution in [1.29, 1.82) is 0 Å². The number of aryl methyl sites for hydroxylation is 1. The van der Waals surface area contributed by atoms with Gasteiger partial charge >= 0.3 is 0 Å². The fourth-order valence-electron chi connectivity index (χ4n) is 3.59. The highest BCUT2D eigenvalue weighted by Gasteiger charge is 2.20. The van der Waals surface area contributed by atoms with Crippen molar-refractivity contribution in [2.75, 3.05) is 17.1 Å². The third kappa shape index (κ3) is 5.44. The first kappa shape index (κ1) is 23.8. The number of hydrogen-bond donors (Lipinski definition) is 3. The highest BCUT2D eigenvalue weighted by Crippen LogP contribution is 2.29. The Balaban J connectivity index is 1.58. The predicted molar refractivity (Wildman–Crippen MR) is 136 cm³/mol. The number of anilines is 2. The van der Waals surface area contributed by atoms with Gasteiger partial charge in [0.25, 0.3) is 15.9 Å². The van der Waals surface area contributed by atoms with E-state index in [0.29, 0.717) is 28.3 Å². The fraction of sp³-hybridized carbons (Fsp3) is 0.0741. The van der Waals surface area contributed by atoms with Crippen LogP contribution in [0.15, 0.2) is 95.9 Å². The lowest BCUT2D eigenvalue weighted by Crippen LogP contribution is -2.16. The molecule has 178 valence electrons. The average Bonchev–Trinajstić information content (AvgIpc) is 2.85. The van der Waals surface area contributed by atoms with E-state index >= 15 is 0 Å². The van der Waals surface area contributed by atoms with Gasteiger partial charge in [-0.1, -0.05) is 42.5 Å². The molecule has 0 aliphatic rings. The van der Waals surface area contributed by atoms with Crippen LogP contribution in [-0.4, -0.2) is 26.5 Å². The summed E-state index contributed by atoms with van der Waals surface area (Å²) >= 11 is 0. The number of ether oxygens (including phenoxy) is 1. The summed E-state index contributed by atoms with van der Waals surface area (Å²) in [4.78, 5) is 13.0. The molecule has 0 aliphatic carbocycles. The number of phenols is 1. The lowest BCUT2D eigenvalue weighted by Gasteiger charge is -2.14. The molecular weight excluding hydrogens is 464 g/mol. The fourth-order valence-corrected chi connectivity index (χ4v) is 4.94. The first-order valence-corrected chi connectivity index (χ1v) is 12.2. The molecule has 4 aromatic carbocycles. The van der Waals surface area contributed by atoms with Gasteiger partial charge in [-0.05, 0) is 72.1 Å². The van der Waals surface area contributed by atoms with Gasteiger partial charge < -0.3 is 15.2 Å². The molecule has 0 saturated heterocycles. The van der Waals surface area contributed by atoms with E-state index in [0.717, 1.165) is 11.1 Å². The maximum Gasteiger partial charge on any atom is 0.262 e. The van der Waals surface area contributed by atoms with Crippen LogP contribution in [0.1, 0.15) is 15.9 Å². The highest BCUT2D eigenvalue weighted by molar-refractivity contribution is 7.92. The number of carbonyl (C=O) groups is 1. The van der Waals surface area contributed by atoms with Crippen LogP contribution < -0.4 is 14.8 Å². The SMILES string of the molecule is COc1ccccc1NS(=O)(=O)c1cc(NC(=O)c2cccc(-c3ccc(O)cc3)c2)ccc1C. The van der Waals surface area contributed by atoms with E-state index in [1.54, 1.807) is 85.8 Å². The summed E-state index contributed by atoms with van der Waals surface area (Å²) in [5.41, 5.74) is 3.26. The molecule has 4 aromatic rings. The molecule has 7 nitrogen and oxygen atoms in total. The van der Waals surface area contributed by atoms with Gasteiger partial charge in [-0.3, -0.25) is 9.52 Å². The Morgan fingerprint density at radius 1 is 0.857 bits per heavy atom. The van der Waals surface area contributed by atoms with E-state index in [-0.39, 0.29) is 16.6 Å². The van der Waals surface area contributed by atoms with Crippen molar-refractivity contribution in [3.8, 4) is 22.6 Å². The zero-order valence-corrected chi connectivity index (χ0v) is 20.0. The second kappa shape index (κ2) is 9.90. The number of benzene rings is 4. The van der Waals surface area contributed by atoms with Crippen molar-refractivity contribution in [1.82, 2.24) is 0 Å². The van der Waals surface area contributed by atoms with Gasteiger partial charge in [-0.25, -0.2) is 8.42 Å².